The molecule has 1 aliphatic rings. The molecule has 106 valence electrons. The van der Waals surface area contributed by atoms with Gasteiger partial charge in [0.1, 0.15) is 5.82 Å². The van der Waals surface area contributed by atoms with E-state index in [1.807, 2.05) is 13.8 Å². The van der Waals surface area contributed by atoms with Gasteiger partial charge in [0, 0.05) is 6.61 Å². The zero-order valence-corrected chi connectivity index (χ0v) is 12.3. The average Bonchev–Trinajstić information content (AvgIpc) is 2.75. The molecule has 1 aromatic rings. The lowest BCUT2D eigenvalue weighted by molar-refractivity contribution is -0.0124. The van der Waals surface area contributed by atoms with E-state index >= 15 is 0 Å². The van der Waals surface area contributed by atoms with Crippen LogP contribution in [0, 0.1) is 19.7 Å². The van der Waals surface area contributed by atoms with Crippen LogP contribution in [0.3, 0.4) is 0 Å². The normalized spacial score (nSPS) is 24.7. The van der Waals surface area contributed by atoms with E-state index in [-0.39, 0.29) is 17.5 Å². The summed E-state index contributed by atoms with van der Waals surface area (Å²) in [5.74, 6) is -0.161. The molecule has 2 rings (SSSR count). The van der Waals surface area contributed by atoms with E-state index in [4.69, 9.17) is 4.74 Å². The SMILES string of the molecule is CCNC(c1c(C)cc(F)cc1C)C1(C)CCCO1. The van der Waals surface area contributed by atoms with E-state index in [2.05, 4.69) is 19.2 Å². The fourth-order valence-electron chi connectivity index (χ4n) is 3.23. The minimum Gasteiger partial charge on any atom is -0.373 e. The van der Waals surface area contributed by atoms with Crippen LogP contribution in [0.25, 0.3) is 0 Å². The monoisotopic (exact) mass is 265 g/mol. The van der Waals surface area contributed by atoms with Crippen LogP contribution in [0.5, 0.6) is 0 Å². The van der Waals surface area contributed by atoms with Crippen LogP contribution >= 0.6 is 0 Å². The van der Waals surface area contributed by atoms with Gasteiger partial charge in [-0.3, -0.25) is 0 Å². The highest BCUT2D eigenvalue weighted by atomic mass is 19.1. The van der Waals surface area contributed by atoms with E-state index < -0.39 is 0 Å². The Kier molecular flexibility index (Phi) is 4.26. The van der Waals surface area contributed by atoms with Crippen molar-refractivity contribution in [2.45, 2.75) is 52.2 Å². The molecule has 0 aromatic heterocycles. The lowest BCUT2D eigenvalue weighted by atomic mass is 9.83. The van der Waals surface area contributed by atoms with Crippen molar-refractivity contribution in [3.05, 3.63) is 34.6 Å². The third-order valence-corrected chi connectivity index (χ3v) is 4.12. The fourth-order valence-corrected chi connectivity index (χ4v) is 3.23. The second kappa shape index (κ2) is 5.59. The van der Waals surface area contributed by atoms with Crippen LogP contribution in [-0.2, 0) is 4.74 Å². The van der Waals surface area contributed by atoms with Gasteiger partial charge >= 0.3 is 0 Å². The van der Waals surface area contributed by atoms with Gasteiger partial charge in [-0.2, -0.15) is 0 Å². The molecular weight excluding hydrogens is 241 g/mol. The Bertz CT molecular complexity index is 429. The first-order valence-electron chi connectivity index (χ1n) is 7.12. The number of rotatable bonds is 4. The van der Waals surface area contributed by atoms with Gasteiger partial charge < -0.3 is 10.1 Å². The fraction of sp³-hybridized carbons (Fsp3) is 0.625. The Hall–Kier alpha value is -0.930. The number of hydrogen-bond acceptors (Lipinski definition) is 2. The van der Waals surface area contributed by atoms with Gasteiger partial charge in [-0.05, 0) is 69.0 Å². The average molecular weight is 265 g/mol. The van der Waals surface area contributed by atoms with Gasteiger partial charge in [-0.25, -0.2) is 4.39 Å². The van der Waals surface area contributed by atoms with Crippen molar-refractivity contribution in [2.75, 3.05) is 13.2 Å². The molecule has 0 amide bonds. The van der Waals surface area contributed by atoms with Crippen molar-refractivity contribution in [3.8, 4) is 0 Å². The van der Waals surface area contributed by atoms with Gasteiger partial charge in [0.05, 0.1) is 11.6 Å². The molecule has 0 bridgehead atoms. The highest BCUT2D eigenvalue weighted by molar-refractivity contribution is 5.38. The molecule has 19 heavy (non-hydrogen) atoms. The number of halogens is 1. The first-order chi connectivity index (χ1) is 8.98. The largest absolute Gasteiger partial charge is 0.373 e. The highest BCUT2D eigenvalue weighted by Gasteiger charge is 2.40. The molecule has 2 nitrogen and oxygen atoms in total. The Morgan fingerprint density at radius 2 is 2.00 bits per heavy atom. The number of aryl methyl sites for hydroxylation is 2. The van der Waals surface area contributed by atoms with Crippen molar-refractivity contribution in [1.82, 2.24) is 5.32 Å². The predicted octanol–water partition coefficient (Wildman–Crippen LogP) is 3.66. The van der Waals surface area contributed by atoms with Crippen LogP contribution in [0.1, 0.15) is 49.4 Å². The van der Waals surface area contributed by atoms with Gasteiger partial charge in [0.15, 0.2) is 0 Å². The van der Waals surface area contributed by atoms with Crippen molar-refractivity contribution in [3.63, 3.8) is 0 Å². The zero-order chi connectivity index (χ0) is 14.0. The van der Waals surface area contributed by atoms with Crippen molar-refractivity contribution in [2.24, 2.45) is 0 Å². The summed E-state index contributed by atoms with van der Waals surface area (Å²) < 4.78 is 19.5. The number of likely N-dealkylation sites (N-methyl/N-ethyl adjacent to an activating group) is 1. The molecule has 0 radical (unpaired) electrons. The van der Waals surface area contributed by atoms with E-state index in [0.29, 0.717) is 0 Å². The lowest BCUT2D eigenvalue weighted by Gasteiger charge is -2.36. The summed E-state index contributed by atoms with van der Waals surface area (Å²) in [6.07, 6.45) is 2.14. The molecule has 0 saturated carbocycles. The molecule has 0 aliphatic carbocycles. The molecule has 1 heterocycles. The van der Waals surface area contributed by atoms with Gasteiger partial charge in [-0.15, -0.1) is 0 Å². The van der Waals surface area contributed by atoms with E-state index in [1.54, 1.807) is 12.1 Å². The van der Waals surface area contributed by atoms with E-state index in [0.717, 1.165) is 37.1 Å². The topological polar surface area (TPSA) is 21.3 Å². The maximum atomic E-state index is 13.5. The first kappa shape index (κ1) is 14.5. The molecule has 3 heteroatoms. The van der Waals surface area contributed by atoms with Crippen molar-refractivity contribution >= 4 is 0 Å². The van der Waals surface area contributed by atoms with E-state index in [9.17, 15) is 4.39 Å². The molecule has 1 saturated heterocycles. The maximum absolute atomic E-state index is 13.5. The van der Waals surface area contributed by atoms with Crippen molar-refractivity contribution in [1.29, 1.82) is 0 Å². The summed E-state index contributed by atoms with van der Waals surface area (Å²) >= 11 is 0. The second-order valence-corrected chi connectivity index (χ2v) is 5.71. The summed E-state index contributed by atoms with van der Waals surface area (Å²) in [5, 5.41) is 3.54. The maximum Gasteiger partial charge on any atom is 0.123 e. The number of ether oxygens (including phenoxy) is 1. The third-order valence-electron chi connectivity index (χ3n) is 4.12. The van der Waals surface area contributed by atoms with E-state index in [1.165, 1.54) is 5.56 Å². The number of hydrogen-bond donors (Lipinski definition) is 1. The Morgan fingerprint density at radius 3 is 2.47 bits per heavy atom. The van der Waals surface area contributed by atoms with Crippen LogP contribution in [0.2, 0.25) is 0 Å². The summed E-state index contributed by atoms with van der Waals surface area (Å²) in [6, 6.07) is 3.36. The molecular formula is C16H24FNO. The highest BCUT2D eigenvalue weighted by Crippen LogP contribution is 2.39. The summed E-state index contributed by atoms with van der Waals surface area (Å²) in [7, 11) is 0. The lowest BCUT2D eigenvalue weighted by Crippen LogP contribution is -2.42. The third kappa shape index (κ3) is 2.82. The second-order valence-electron chi connectivity index (χ2n) is 5.71. The minimum absolute atomic E-state index is 0.126. The Labute approximate surface area is 115 Å². The van der Waals surface area contributed by atoms with Gasteiger partial charge in [0.2, 0.25) is 0 Å². The molecule has 1 fully saturated rings. The van der Waals surface area contributed by atoms with Crippen LogP contribution in [-0.4, -0.2) is 18.8 Å². The molecule has 0 spiro atoms. The predicted molar refractivity (Wildman–Crippen MR) is 75.9 cm³/mol. The minimum atomic E-state index is -0.191. The van der Waals surface area contributed by atoms with Crippen LogP contribution in [0.4, 0.5) is 4.39 Å². The molecule has 1 N–H and O–H groups in total. The number of nitrogens with one attached hydrogen (secondary N) is 1. The van der Waals surface area contributed by atoms with Crippen molar-refractivity contribution < 1.29 is 9.13 Å². The summed E-state index contributed by atoms with van der Waals surface area (Å²) in [6.45, 7) is 9.91. The van der Waals surface area contributed by atoms with Crippen LogP contribution in [0.15, 0.2) is 12.1 Å². The summed E-state index contributed by atoms with van der Waals surface area (Å²) in [4.78, 5) is 0. The standard InChI is InChI=1S/C16H24FNO/c1-5-18-15(16(4)7-6-8-19-16)14-11(2)9-13(17)10-12(14)3/h9-10,15,18H,5-8H2,1-4H3. The number of benzene rings is 1. The Balaban J connectivity index is 2.44. The van der Waals surface area contributed by atoms with Gasteiger partial charge in [-0.1, -0.05) is 6.92 Å². The molecule has 1 aromatic carbocycles. The summed E-state index contributed by atoms with van der Waals surface area (Å²) in [5.41, 5.74) is 3.00. The molecule has 2 atom stereocenters. The quantitative estimate of drug-likeness (QED) is 0.897. The molecule has 2 unspecified atom stereocenters. The van der Waals surface area contributed by atoms with Crippen LogP contribution < -0.4 is 5.32 Å². The molecule has 1 aliphatic heterocycles. The first-order valence-corrected chi connectivity index (χ1v) is 7.12. The van der Waals surface area contributed by atoms with Gasteiger partial charge in [0.25, 0.3) is 0 Å². The Morgan fingerprint density at radius 1 is 1.37 bits per heavy atom. The smallest absolute Gasteiger partial charge is 0.123 e. The zero-order valence-electron chi connectivity index (χ0n) is 12.3.